The highest BCUT2D eigenvalue weighted by atomic mass is 79.9. The topological polar surface area (TPSA) is 30.5 Å². The Kier molecular flexibility index (Phi) is 7.58. The van der Waals surface area contributed by atoms with Crippen LogP contribution in [-0.4, -0.2) is 12.6 Å². The van der Waals surface area contributed by atoms with Crippen LogP contribution in [0.1, 0.15) is 57.7 Å². The van der Waals surface area contributed by atoms with Crippen LogP contribution in [0.3, 0.4) is 0 Å². The Morgan fingerprint density at radius 3 is 2.36 bits per heavy atom. The molecule has 2 aromatic rings. The first-order valence-corrected chi connectivity index (χ1v) is 10.6. The Bertz CT molecular complexity index is 794. The van der Waals surface area contributed by atoms with Crippen LogP contribution in [0.25, 0.3) is 0 Å². The zero-order chi connectivity index (χ0) is 20.9. The fraction of sp³-hybridized carbons (Fsp3) is 0.500. The fourth-order valence-corrected chi connectivity index (χ4v) is 4.19. The van der Waals surface area contributed by atoms with Crippen LogP contribution in [0.5, 0.6) is 11.5 Å². The summed E-state index contributed by atoms with van der Waals surface area (Å²) in [6.45, 7) is 14.6. The van der Waals surface area contributed by atoms with E-state index in [4.69, 9.17) is 9.47 Å². The van der Waals surface area contributed by atoms with Gasteiger partial charge in [0.05, 0.1) is 7.11 Å². The van der Waals surface area contributed by atoms with Crippen molar-refractivity contribution in [2.24, 2.45) is 5.41 Å². The number of rotatable bonds is 8. The first-order valence-electron chi connectivity index (χ1n) is 9.79. The molecule has 0 aliphatic carbocycles. The lowest BCUT2D eigenvalue weighted by Gasteiger charge is -2.34. The van der Waals surface area contributed by atoms with Crippen molar-refractivity contribution in [3.05, 3.63) is 57.6 Å². The van der Waals surface area contributed by atoms with Crippen molar-refractivity contribution in [3.63, 3.8) is 0 Å². The lowest BCUT2D eigenvalue weighted by atomic mass is 9.81. The second-order valence-electron chi connectivity index (χ2n) is 9.31. The molecule has 0 saturated carbocycles. The van der Waals surface area contributed by atoms with Gasteiger partial charge in [-0.1, -0.05) is 66.5 Å². The Morgan fingerprint density at radius 2 is 1.75 bits per heavy atom. The summed E-state index contributed by atoms with van der Waals surface area (Å²) in [6.07, 6.45) is 1.07. The molecule has 0 bridgehead atoms. The summed E-state index contributed by atoms with van der Waals surface area (Å²) in [4.78, 5) is 0. The van der Waals surface area contributed by atoms with Crippen LogP contribution in [0.2, 0.25) is 0 Å². The molecule has 2 aromatic carbocycles. The minimum atomic E-state index is 0.00851. The highest BCUT2D eigenvalue weighted by Crippen LogP contribution is 2.37. The van der Waals surface area contributed by atoms with Gasteiger partial charge < -0.3 is 14.8 Å². The quantitative estimate of drug-likeness (QED) is 0.491. The highest BCUT2D eigenvalue weighted by molar-refractivity contribution is 9.10. The van der Waals surface area contributed by atoms with E-state index in [0.29, 0.717) is 13.2 Å². The summed E-state index contributed by atoms with van der Waals surface area (Å²) in [5, 5.41) is 3.71. The molecule has 0 amide bonds. The maximum Gasteiger partial charge on any atom is 0.167 e. The van der Waals surface area contributed by atoms with Gasteiger partial charge in [0.2, 0.25) is 0 Å². The molecule has 1 N–H and O–H groups in total. The third kappa shape index (κ3) is 6.82. The van der Waals surface area contributed by atoms with Gasteiger partial charge in [0.25, 0.3) is 0 Å². The molecule has 0 radical (unpaired) electrons. The minimum absolute atomic E-state index is 0.00851. The first-order chi connectivity index (χ1) is 13.0. The number of hydrogen-bond donors (Lipinski definition) is 1. The predicted octanol–water partition coefficient (Wildman–Crippen LogP) is 6.65. The van der Waals surface area contributed by atoms with Crippen LogP contribution in [0.15, 0.2) is 40.9 Å². The van der Waals surface area contributed by atoms with E-state index in [9.17, 15) is 0 Å². The van der Waals surface area contributed by atoms with Gasteiger partial charge in [0.15, 0.2) is 11.5 Å². The zero-order valence-corrected chi connectivity index (χ0v) is 19.9. The third-order valence-corrected chi connectivity index (χ3v) is 5.31. The van der Waals surface area contributed by atoms with Gasteiger partial charge in [-0.25, -0.2) is 0 Å². The minimum Gasteiger partial charge on any atom is -0.493 e. The molecule has 0 fully saturated rings. The van der Waals surface area contributed by atoms with Crippen molar-refractivity contribution >= 4 is 15.9 Å². The van der Waals surface area contributed by atoms with Crippen molar-refractivity contribution in [1.82, 2.24) is 5.32 Å². The normalized spacial score (nSPS) is 12.1. The van der Waals surface area contributed by atoms with Gasteiger partial charge in [0, 0.05) is 22.1 Å². The standard InChI is InChI=1S/C24H34BrNO2/c1-17-9-8-10-18(13-17)15-28-22-19(20(25)11-12-21(22)27-7)14-26-24(5,6)16-23(2,3)4/h8-13,26H,14-16H2,1-7H3. The largest absolute Gasteiger partial charge is 0.493 e. The molecular formula is C24H34BrNO2. The molecule has 3 nitrogen and oxygen atoms in total. The van der Waals surface area contributed by atoms with Gasteiger partial charge in [-0.15, -0.1) is 0 Å². The molecule has 0 spiro atoms. The van der Waals surface area contributed by atoms with Gasteiger partial charge in [-0.2, -0.15) is 0 Å². The Labute approximate surface area is 179 Å². The predicted molar refractivity (Wildman–Crippen MR) is 121 cm³/mol. The van der Waals surface area contributed by atoms with E-state index in [2.05, 4.69) is 87.1 Å². The number of hydrogen-bond acceptors (Lipinski definition) is 3. The van der Waals surface area contributed by atoms with Crippen LogP contribution in [0, 0.1) is 12.3 Å². The van der Waals surface area contributed by atoms with E-state index < -0.39 is 0 Å². The summed E-state index contributed by atoms with van der Waals surface area (Å²) in [5.74, 6) is 1.54. The lowest BCUT2D eigenvalue weighted by Crippen LogP contribution is -2.42. The van der Waals surface area contributed by atoms with Gasteiger partial charge in [-0.3, -0.25) is 0 Å². The number of methoxy groups -OCH3 is 1. The van der Waals surface area contributed by atoms with Gasteiger partial charge in [0.1, 0.15) is 6.61 Å². The van der Waals surface area contributed by atoms with Crippen molar-refractivity contribution < 1.29 is 9.47 Å². The number of halogens is 1. The molecule has 2 rings (SSSR count). The summed E-state index contributed by atoms with van der Waals surface area (Å²) in [7, 11) is 1.68. The fourth-order valence-electron chi connectivity index (χ4n) is 3.74. The van der Waals surface area contributed by atoms with Crippen molar-refractivity contribution in [3.8, 4) is 11.5 Å². The van der Waals surface area contributed by atoms with Crippen LogP contribution >= 0.6 is 15.9 Å². The Balaban J connectivity index is 2.23. The third-order valence-electron chi connectivity index (χ3n) is 4.57. The van der Waals surface area contributed by atoms with E-state index in [1.807, 2.05) is 12.1 Å². The molecule has 0 aliphatic heterocycles. The Morgan fingerprint density at radius 1 is 1.04 bits per heavy atom. The molecule has 154 valence electrons. The maximum absolute atomic E-state index is 6.25. The molecule has 0 unspecified atom stereocenters. The first kappa shape index (κ1) is 22.8. The van der Waals surface area contributed by atoms with Crippen molar-refractivity contribution in [2.75, 3.05) is 7.11 Å². The summed E-state index contributed by atoms with van der Waals surface area (Å²) < 4.78 is 12.9. The SMILES string of the molecule is COc1ccc(Br)c(CNC(C)(C)CC(C)(C)C)c1OCc1cccc(C)c1. The van der Waals surface area contributed by atoms with Gasteiger partial charge >= 0.3 is 0 Å². The van der Waals surface area contributed by atoms with Crippen LogP contribution < -0.4 is 14.8 Å². The van der Waals surface area contributed by atoms with Crippen LogP contribution in [0.4, 0.5) is 0 Å². The van der Waals surface area contributed by atoms with E-state index in [1.54, 1.807) is 7.11 Å². The van der Waals surface area contributed by atoms with Crippen LogP contribution in [-0.2, 0) is 13.2 Å². The summed E-state index contributed by atoms with van der Waals surface area (Å²) in [6, 6.07) is 12.3. The molecule has 0 aromatic heterocycles. The van der Waals surface area contributed by atoms with E-state index in [0.717, 1.165) is 33.5 Å². The molecule has 0 aliphatic rings. The number of nitrogens with one attached hydrogen (secondary N) is 1. The maximum atomic E-state index is 6.25. The molecule has 0 saturated heterocycles. The number of ether oxygens (including phenoxy) is 2. The molecule has 28 heavy (non-hydrogen) atoms. The van der Waals surface area contributed by atoms with E-state index >= 15 is 0 Å². The average molecular weight is 448 g/mol. The summed E-state index contributed by atoms with van der Waals surface area (Å²) in [5.41, 5.74) is 3.72. The van der Waals surface area contributed by atoms with E-state index in [-0.39, 0.29) is 11.0 Å². The second kappa shape index (κ2) is 9.32. The van der Waals surface area contributed by atoms with Crippen molar-refractivity contribution in [1.29, 1.82) is 0 Å². The molecule has 4 heteroatoms. The second-order valence-corrected chi connectivity index (χ2v) is 10.2. The zero-order valence-electron chi connectivity index (χ0n) is 18.3. The van der Waals surface area contributed by atoms with Gasteiger partial charge in [-0.05, 0) is 50.3 Å². The average Bonchev–Trinajstić information content (AvgIpc) is 2.57. The summed E-state index contributed by atoms with van der Waals surface area (Å²) >= 11 is 3.70. The van der Waals surface area contributed by atoms with E-state index in [1.165, 1.54) is 5.56 Å². The van der Waals surface area contributed by atoms with Crippen molar-refractivity contribution in [2.45, 2.75) is 66.7 Å². The monoisotopic (exact) mass is 447 g/mol. The number of aryl methyl sites for hydroxylation is 1. The molecule has 0 heterocycles. The highest BCUT2D eigenvalue weighted by Gasteiger charge is 2.26. The Hall–Kier alpha value is -1.52. The number of benzene rings is 2. The smallest absolute Gasteiger partial charge is 0.167 e. The molecular weight excluding hydrogens is 414 g/mol. The lowest BCUT2D eigenvalue weighted by molar-refractivity contribution is 0.237. The molecule has 0 atom stereocenters.